The molecule has 0 atom stereocenters. The average Bonchev–Trinajstić information content (AvgIpc) is 2.28. The van der Waals surface area contributed by atoms with Gasteiger partial charge in [-0.2, -0.15) is 0 Å². The molecule has 0 bridgehead atoms. The van der Waals surface area contributed by atoms with Gasteiger partial charge in [0.05, 0.1) is 7.11 Å². The van der Waals surface area contributed by atoms with Crippen LogP contribution in [0.3, 0.4) is 0 Å². The van der Waals surface area contributed by atoms with E-state index in [0.717, 1.165) is 10.0 Å². The van der Waals surface area contributed by atoms with Crippen molar-refractivity contribution in [2.45, 2.75) is 12.8 Å². The van der Waals surface area contributed by atoms with Gasteiger partial charge in [-0.05, 0) is 24.1 Å². The molecule has 0 N–H and O–H groups in total. The Hall–Kier alpha value is -1.10. The van der Waals surface area contributed by atoms with Crippen LogP contribution in [0, 0.1) is 0 Å². The van der Waals surface area contributed by atoms with E-state index < -0.39 is 6.86 Å². The lowest BCUT2D eigenvalue weighted by molar-refractivity contribution is -0.140. The molecule has 0 heterocycles. The molecule has 0 radical (unpaired) electrons. The quantitative estimate of drug-likeness (QED) is 0.783. The summed E-state index contributed by atoms with van der Waals surface area (Å²) in [6.45, 7) is -0.887. The maximum atomic E-state index is 12.1. The number of carbonyl (C=O) groups is 1. The first-order valence-electron chi connectivity index (χ1n) is 4.71. The van der Waals surface area contributed by atoms with Gasteiger partial charge in [-0.3, -0.25) is 4.79 Å². The maximum Gasteiger partial charge on any atom is 0.305 e. The van der Waals surface area contributed by atoms with Crippen molar-refractivity contribution in [3.05, 3.63) is 28.2 Å². The summed E-state index contributed by atoms with van der Waals surface area (Å²) in [5.74, 6) is 0.148. The summed E-state index contributed by atoms with van der Waals surface area (Å²) in [7, 11) is 1.34. The summed E-state index contributed by atoms with van der Waals surface area (Å²) in [6, 6.07) is 5.28. The number of benzene rings is 1. The Morgan fingerprint density at radius 3 is 2.88 bits per heavy atom. The van der Waals surface area contributed by atoms with Gasteiger partial charge in [0.2, 0.25) is 6.86 Å². The molecule has 0 fully saturated rings. The van der Waals surface area contributed by atoms with E-state index in [1.54, 1.807) is 12.1 Å². The van der Waals surface area contributed by atoms with Gasteiger partial charge in [-0.1, -0.05) is 22.0 Å². The average molecular weight is 291 g/mol. The Labute approximate surface area is 102 Å². The van der Waals surface area contributed by atoms with Gasteiger partial charge in [-0.15, -0.1) is 0 Å². The largest absolute Gasteiger partial charge is 0.469 e. The zero-order chi connectivity index (χ0) is 12.0. The monoisotopic (exact) mass is 290 g/mol. The normalized spacial score (nSPS) is 9.94. The molecule has 5 heteroatoms. The maximum absolute atomic E-state index is 12.1. The molecule has 0 aliphatic rings. The van der Waals surface area contributed by atoms with Crippen molar-refractivity contribution in [2.75, 3.05) is 14.0 Å². The van der Waals surface area contributed by atoms with Gasteiger partial charge in [0, 0.05) is 10.9 Å². The van der Waals surface area contributed by atoms with E-state index in [1.807, 2.05) is 6.07 Å². The molecule has 0 aliphatic carbocycles. The molecular weight excluding hydrogens is 279 g/mol. The lowest BCUT2D eigenvalue weighted by Gasteiger charge is -2.08. The van der Waals surface area contributed by atoms with Crippen molar-refractivity contribution < 1.29 is 18.7 Å². The second-order valence-corrected chi connectivity index (χ2v) is 4.00. The van der Waals surface area contributed by atoms with Gasteiger partial charge >= 0.3 is 5.97 Å². The van der Waals surface area contributed by atoms with E-state index in [-0.39, 0.29) is 12.4 Å². The molecule has 0 spiro atoms. The number of esters is 1. The molecule has 1 aromatic rings. The van der Waals surface area contributed by atoms with Gasteiger partial charge in [-0.25, -0.2) is 4.39 Å². The number of hydrogen-bond acceptors (Lipinski definition) is 3. The van der Waals surface area contributed by atoms with E-state index in [4.69, 9.17) is 4.74 Å². The lowest BCUT2D eigenvalue weighted by atomic mass is 10.1. The number of halogens is 2. The lowest BCUT2D eigenvalue weighted by Crippen LogP contribution is -2.03. The fraction of sp³-hybridized carbons (Fsp3) is 0.364. The van der Waals surface area contributed by atoms with Gasteiger partial charge < -0.3 is 9.47 Å². The first kappa shape index (κ1) is 13.0. The Bertz CT molecular complexity index is 368. The number of aryl methyl sites for hydroxylation is 1. The minimum absolute atomic E-state index is 0.251. The molecule has 3 nitrogen and oxygen atoms in total. The van der Waals surface area contributed by atoms with Crippen molar-refractivity contribution in [3.8, 4) is 5.75 Å². The standard InChI is InChI=1S/C11H12BrFO3/c1-15-11(14)5-3-8-2-4-9(12)6-10(8)16-7-13/h2,4,6H,3,5,7H2,1H3. The predicted molar refractivity (Wildman–Crippen MR) is 61.1 cm³/mol. The summed E-state index contributed by atoms with van der Waals surface area (Å²) in [5.41, 5.74) is 0.784. The van der Waals surface area contributed by atoms with Crippen molar-refractivity contribution in [1.29, 1.82) is 0 Å². The summed E-state index contributed by atoms with van der Waals surface area (Å²) < 4.78 is 22.3. The molecule has 0 saturated carbocycles. The van der Waals surface area contributed by atoms with E-state index >= 15 is 0 Å². The number of carbonyl (C=O) groups excluding carboxylic acids is 1. The van der Waals surface area contributed by atoms with Crippen LogP contribution in [0.15, 0.2) is 22.7 Å². The Balaban J connectivity index is 2.73. The van der Waals surface area contributed by atoms with E-state index in [9.17, 15) is 9.18 Å². The number of hydrogen-bond donors (Lipinski definition) is 0. The van der Waals surface area contributed by atoms with Crippen LogP contribution in [-0.2, 0) is 16.0 Å². The molecule has 0 saturated heterocycles. The second-order valence-electron chi connectivity index (χ2n) is 3.08. The van der Waals surface area contributed by atoms with Crippen LogP contribution < -0.4 is 4.74 Å². The van der Waals surface area contributed by atoms with Crippen molar-refractivity contribution in [2.24, 2.45) is 0 Å². The highest BCUT2D eigenvalue weighted by molar-refractivity contribution is 9.10. The van der Waals surface area contributed by atoms with E-state index in [2.05, 4.69) is 20.7 Å². The number of rotatable bonds is 5. The van der Waals surface area contributed by atoms with E-state index in [1.165, 1.54) is 7.11 Å². The third kappa shape index (κ3) is 3.81. The van der Waals surface area contributed by atoms with Crippen LogP contribution in [0.2, 0.25) is 0 Å². The van der Waals surface area contributed by atoms with Crippen LogP contribution in [0.25, 0.3) is 0 Å². The Morgan fingerprint density at radius 1 is 1.50 bits per heavy atom. The molecule has 0 aromatic heterocycles. The van der Waals surface area contributed by atoms with E-state index in [0.29, 0.717) is 12.2 Å². The van der Waals surface area contributed by atoms with Crippen molar-refractivity contribution in [1.82, 2.24) is 0 Å². The summed E-state index contributed by atoms with van der Waals surface area (Å²) >= 11 is 3.27. The van der Waals surface area contributed by atoms with Crippen LogP contribution in [-0.4, -0.2) is 19.9 Å². The zero-order valence-corrected chi connectivity index (χ0v) is 10.4. The highest BCUT2D eigenvalue weighted by atomic mass is 79.9. The van der Waals surface area contributed by atoms with Crippen molar-refractivity contribution in [3.63, 3.8) is 0 Å². The first-order chi connectivity index (χ1) is 7.67. The molecule has 1 aromatic carbocycles. The van der Waals surface area contributed by atoms with Crippen LogP contribution in [0.5, 0.6) is 5.75 Å². The summed E-state index contributed by atoms with van der Waals surface area (Å²) in [6.07, 6.45) is 0.718. The minimum Gasteiger partial charge on any atom is -0.469 e. The molecular formula is C11H12BrFO3. The fourth-order valence-corrected chi connectivity index (χ4v) is 1.61. The number of ether oxygens (including phenoxy) is 2. The molecule has 16 heavy (non-hydrogen) atoms. The molecule has 0 amide bonds. The topological polar surface area (TPSA) is 35.5 Å². The zero-order valence-electron chi connectivity index (χ0n) is 8.83. The first-order valence-corrected chi connectivity index (χ1v) is 5.50. The SMILES string of the molecule is COC(=O)CCc1ccc(Br)cc1OCF. The van der Waals surface area contributed by atoms with Crippen LogP contribution >= 0.6 is 15.9 Å². The molecule has 88 valence electrons. The third-order valence-electron chi connectivity index (χ3n) is 2.07. The Kier molecular flexibility index (Phi) is 5.25. The van der Waals surface area contributed by atoms with Crippen LogP contribution in [0.1, 0.15) is 12.0 Å². The number of methoxy groups -OCH3 is 1. The highest BCUT2D eigenvalue weighted by Crippen LogP contribution is 2.25. The molecule has 1 rings (SSSR count). The summed E-state index contributed by atoms with van der Waals surface area (Å²) in [5, 5.41) is 0. The minimum atomic E-state index is -0.887. The molecule has 0 unspecified atom stereocenters. The highest BCUT2D eigenvalue weighted by Gasteiger charge is 2.07. The molecule has 0 aliphatic heterocycles. The summed E-state index contributed by atoms with van der Waals surface area (Å²) in [4.78, 5) is 11.0. The number of alkyl halides is 1. The Morgan fingerprint density at radius 2 is 2.25 bits per heavy atom. The van der Waals surface area contributed by atoms with Gasteiger partial charge in [0.15, 0.2) is 0 Å². The van der Waals surface area contributed by atoms with Crippen molar-refractivity contribution >= 4 is 21.9 Å². The smallest absolute Gasteiger partial charge is 0.305 e. The van der Waals surface area contributed by atoms with Gasteiger partial charge in [0.25, 0.3) is 0 Å². The third-order valence-corrected chi connectivity index (χ3v) is 2.56. The van der Waals surface area contributed by atoms with Gasteiger partial charge in [0.1, 0.15) is 5.75 Å². The van der Waals surface area contributed by atoms with Crippen LogP contribution in [0.4, 0.5) is 4.39 Å². The fourth-order valence-electron chi connectivity index (χ4n) is 1.27. The predicted octanol–water partition coefficient (Wildman–Crippen LogP) is 2.86. The second kappa shape index (κ2) is 6.48.